The molecule has 0 aliphatic heterocycles. The summed E-state index contributed by atoms with van der Waals surface area (Å²) < 4.78 is 0. The minimum Gasteiger partial charge on any atom is -0.352 e. The summed E-state index contributed by atoms with van der Waals surface area (Å²) in [5.74, 6) is 0.115. The van der Waals surface area contributed by atoms with Crippen LogP contribution in [0.3, 0.4) is 0 Å². The van der Waals surface area contributed by atoms with Gasteiger partial charge in [-0.2, -0.15) is 0 Å². The Labute approximate surface area is 183 Å². The molecule has 2 atom stereocenters. The summed E-state index contributed by atoms with van der Waals surface area (Å²) in [5, 5.41) is 3.69. The second-order valence-corrected chi connectivity index (χ2v) is 8.48. The van der Waals surface area contributed by atoms with Crippen LogP contribution >= 0.6 is 23.4 Å². The third-order valence-corrected chi connectivity index (χ3v) is 6.01. The van der Waals surface area contributed by atoms with Gasteiger partial charge in [-0.25, -0.2) is 0 Å². The van der Waals surface area contributed by atoms with Crippen LogP contribution in [0.2, 0.25) is 5.02 Å². The Bertz CT molecular complexity index is 783. The van der Waals surface area contributed by atoms with Crippen LogP contribution in [0, 0.1) is 0 Å². The van der Waals surface area contributed by atoms with E-state index < -0.39 is 6.04 Å². The molecule has 0 saturated heterocycles. The zero-order valence-corrected chi connectivity index (χ0v) is 18.8. The second kappa shape index (κ2) is 11.9. The number of hydrogen-bond acceptors (Lipinski definition) is 3. The maximum absolute atomic E-state index is 13.1. The van der Waals surface area contributed by atoms with Gasteiger partial charge >= 0.3 is 0 Å². The van der Waals surface area contributed by atoms with E-state index in [2.05, 4.69) is 5.32 Å². The molecule has 0 aliphatic rings. The van der Waals surface area contributed by atoms with Gasteiger partial charge in [0, 0.05) is 22.5 Å². The molecule has 1 N–H and O–H groups in total. The summed E-state index contributed by atoms with van der Waals surface area (Å²) in [6, 6.07) is 16.8. The standard InChI is InChI=1S/C23H29ClN2O2S/c1-4-17(3)25-23(28)21(5-2)26(15-18-9-7-6-8-10-18)22(27)16-29-20-13-11-19(24)12-14-20/h6-14,17,21H,4-5,15-16H2,1-3H3,(H,25,28)/t17-,21+/m1/s1. The van der Waals surface area contributed by atoms with E-state index in [-0.39, 0.29) is 23.6 Å². The van der Waals surface area contributed by atoms with Crippen molar-refractivity contribution >= 4 is 35.2 Å². The Morgan fingerprint density at radius 1 is 1.03 bits per heavy atom. The molecule has 156 valence electrons. The van der Waals surface area contributed by atoms with Crippen molar-refractivity contribution in [1.82, 2.24) is 10.2 Å². The normalized spacial score (nSPS) is 12.8. The molecule has 29 heavy (non-hydrogen) atoms. The van der Waals surface area contributed by atoms with Gasteiger partial charge < -0.3 is 10.2 Å². The minimum atomic E-state index is -0.498. The molecule has 0 bridgehead atoms. The van der Waals surface area contributed by atoms with E-state index >= 15 is 0 Å². The first-order chi connectivity index (χ1) is 13.9. The number of amides is 2. The average Bonchev–Trinajstić information content (AvgIpc) is 2.73. The molecule has 0 unspecified atom stereocenters. The Morgan fingerprint density at radius 2 is 1.69 bits per heavy atom. The smallest absolute Gasteiger partial charge is 0.243 e. The van der Waals surface area contributed by atoms with Crippen LogP contribution in [0.1, 0.15) is 39.2 Å². The van der Waals surface area contributed by atoms with E-state index in [9.17, 15) is 9.59 Å². The minimum absolute atomic E-state index is 0.0556. The van der Waals surface area contributed by atoms with Crippen molar-refractivity contribution in [2.75, 3.05) is 5.75 Å². The highest BCUT2D eigenvalue weighted by Crippen LogP contribution is 2.22. The van der Waals surface area contributed by atoms with Crippen molar-refractivity contribution in [3.8, 4) is 0 Å². The fraction of sp³-hybridized carbons (Fsp3) is 0.391. The predicted molar refractivity (Wildman–Crippen MR) is 121 cm³/mol. The summed E-state index contributed by atoms with van der Waals surface area (Å²) in [4.78, 5) is 28.7. The van der Waals surface area contributed by atoms with Gasteiger partial charge in [-0.05, 0) is 49.6 Å². The van der Waals surface area contributed by atoms with Crippen molar-refractivity contribution in [3.63, 3.8) is 0 Å². The molecule has 4 nitrogen and oxygen atoms in total. The highest BCUT2D eigenvalue weighted by molar-refractivity contribution is 8.00. The zero-order chi connectivity index (χ0) is 21.2. The Kier molecular flexibility index (Phi) is 9.55. The third-order valence-electron chi connectivity index (χ3n) is 4.76. The van der Waals surface area contributed by atoms with Crippen molar-refractivity contribution in [3.05, 3.63) is 65.2 Å². The van der Waals surface area contributed by atoms with Crippen LogP contribution in [-0.4, -0.2) is 34.6 Å². The SMILES string of the molecule is CC[C@@H](C)NC(=O)[C@H](CC)N(Cc1ccccc1)C(=O)CSc1ccc(Cl)cc1. The van der Waals surface area contributed by atoms with E-state index in [1.807, 2.05) is 75.4 Å². The van der Waals surface area contributed by atoms with Gasteiger partial charge in [0.15, 0.2) is 0 Å². The summed E-state index contributed by atoms with van der Waals surface area (Å²) in [5.41, 5.74) is 1.01. The first-order valence-corrected chi connectivity index (χ1v) is 11.3. The molecule has 2 rings (SSSR count). The maximum Gasteiger partial charge on any atom is 0.243 e. The molecule has 0 fully saturated rings. The van der Waals surface area contributed by atoms with Crippen molar-refractivity contribution in [1.29, 1.82) is 0 Å². The number of hydrogen-bond donors (Lipinski definition) is 1. The number of halogens is 1. The molecular weight excluding hydrogens is 404 g/mol. The first-order valence-electron chi connectivity index (χ1n) is 9.96. The van der Waals surface area contributed by atoms with Crippen LogP contribution in [0.5, 0.6) is 0 Å². The highest BCUT2D eigenvalue weighted by atomic mass is 35.5. The number of thioether (sulfide) groups is 1. The number of rotatable bonds is 10. The Hall–Kier alpha value is -1.98. The van der Waals surface area contributed by atoms with Crippen molar-refractivity contribution in [2.45, 2.75) is 57.1 Å². The molecule has 0 radical (unpaired) electrons. The van der Waals surface area contributed by atoms with Crippen LogP contribution in [0.4, 0.5) is 0 Å². The number of carbonyl (C=O) groups excluding carboxylic acids is 2. The maximum atomic E-state index is 13.1. The van der Waals surface area contributed by atoms with Crippen molar-refractivity contribution < 1.29 is 9.59 Å². The molecule has 0 aliphatic carbocycles. The Balaban J connectivity index is 2.16. The lowest BCUT2D eigenvalue weighted by molar-refractivity contribution is -0.139. The molecular formula is C23H29ClN2O2S. The lowest BCUT2D eigenvalue weighted by atomic mass is 10.1. The number of nitrogens with zero attached hydrogens (tertiary/aromatic N) is 1. The van der Waals surface area contributed by atoms with Gasteiger partial charge in [0.1, 0.15) is 6.04 Å². The third kappa shape index (κ3) is 7.41. The number of benzene rings is 2. The van der Waals surface area contributed by atoms with E-state index in [0.29, 0.717) is 18.0 Å². The summed E-state index contributed by atoms with van der Waals surface area (Å²) >= 11 is 7.39. The van der Waals surface area contributed by atoms with Gasteiger partial charge in [-0.15, -0.1) is 11.8 Å². The van der Waals surface area contributed by atoms with Gasteiger partial charge in [0.05, 0.1) is 5.75 Å². The van der Waals surface area contributed by atoms with Gasteiger partial charge in [0.2, 0.25) is 11.8 Å². The fourth-order valence-electron chi connectivity index (χ4n) is 2.90. The van der Waals surface area contributed by atoms with Crippen molar-refractivity contribution in [2.24, 2.45) is 0 Å². The summed E-state index contributed by atoms with van der Waals surface area (Å²) in [7, 11) is 0. The summed E-state index contributed by atoms with van der Waals surface area (Å²) in [6.07, 6.45) is 1.41. The number of carbonyl (C=O) groups is 2. The number of nitrogens with one attached hydrogen (secondary N) is 1. The van der Waals surface area contributed by atoms with Crippen LogP contribution < -0.4 is 5.32 Å². The molecule has 2 aromatic rings. The molecule has 2 amide bonds. The monoisotopic (exact) mass is 432 g/mol. The Morgan fingerprint density at radius 3 is 2.28 bits per heavy atom. The lowest BCUT2D eigenvalue weighted by Crippen LogP contribution is -2.51. The topological polar surface area (TPSA) is 49.4 Å². The highest BCUT2D eigenvalue weighted by Gasteiger charge is 2.29. The molecule has 0 saturated carbocycles. The van der Waals surface area contributed by atoms with E-state index in [4.69, 9.17) is 11.6 Å². The fourth-order valence-corrected chi connectivity index (χ4v) is 3.81. The van der Waals surface area contributed by atoms with Crippen LogP contribution in [0.25, 0.3) is 0 Å². The molecule has 0 aromatic heterocycles. The van der Waals surface area contributed by atoms with Gasteiger partial charge in [-0.3, -0.25) is 9.59 Å². The summed E-state index contributed by atoms with van der Waals surface area (Å²) in [6.45, 7) is 6.36. The average molecular weight is 433 g/mol. The molecule has 2 aromatic carbocycles. The predicted octanol–water partition coefficient (Wildman–Crippen LogP) is 5.15. The molecule has 0 spiro atoms. The molecule has 6 heteroatoms. The van der Waals surface area contributed by atoms with Gasteiger partial charge in [0.25, 0.3) is 0 Å². The van der Waals surface area contributed by atoms with Crippen LogP contribution in [-0.2, 0) is 16.1 Å². The lowest BCUT2D eigenvalue weighted by Gasteiger charge is -2.31. The zero-order valence-electron chi connectivity index (χ0n) is 17.2. The first kappa shape index (κ1) is 23.3. The van der Waals surface area contributed by atoms with E-state index in [0.717, 1.165) is 16.9 Å². The second-order valence-electron chi connectivity index (χ2n) is 6.99. The van der Waals surface area contributed by atoms with E-state index in [1.165, 1.54) is 11.8 Å². The molecule has 0 heterocycles. The van der Waals surface area contributed by atoms with Gasteiger partial charge in [-0.1, -0.05) is 55.8 Å². The largest absolute Gasteiger partial charge is 0.352 e. The van der Waals surface area contributed by atoms with Crippen LogP contribution in [0.15, 0.2) is 59.5 Å². The quantitative estimate of drug-likeness (QED) is 0.528. The van der Waals surface area contributed by atoms with E-state index in [1.54, 1.807) is 4.90 Å².